The van der Waals surface area contributed by atoms with E-state index in [1.165, 1.54) is 0 Å². The first-order valence-electron chi connectivity index (χ1n) is 5.09. The monoisotopic (exact) mass is 189 g/mol. The Labute approximate surface area is 81.2 Å². The summed E-state index contributed by atoms with van der Waals surface area (Å²) in [4.78, 5) is 0. The molecule has 3 N–H and O–H groups in total. The van der Waals surface area contributed by atoms with Gasteiger partial charge >= 0.3 is 0 Å². The van der Waals surface area contributed by atoms with Crippen LogP contribution in [0, 0.1) is 0 Å². The van der Waals surface area contributed by atoms with Crippen molar-refractivity contribution in [3.05, 3.63) is 0 Å². The van der Waals surface area contributed by atoms with Crippen molar-refractivity contribution < 1.29 is 10.2 Å². The van der Waals surface area contributed by atoms with Crippen molar-refractivity contribution in [2.75, 3.05) is 6.54 Å². The van der Waals surface area contributed by atoms with Crippen LogP contribution in [-0.2, 0) is 0 Å². The highest BCUT2D eigenvalue weighted by Gasteiger charge is 2.23. The summed E-state index contributed by atoms with van der Waals surface area (Å²) in [6.07, 6.45) is 1.10. The van der Waals surface area contributed by atoms with E-state index >= 15 is 0 Å². The van der Waals surface area contributed by atoms with Gasteiger partial charge in [-0.3, -0.25) is 0 Å². The maximum absolute atomic E-state index is 9.92. The van der Waals surface area contributed by atoms with Crippen LogP contribution in [0.3, 0.4) is 0 Å². The first-order chi connectivity index (χ1) is 5.95. The van der Waals surface area contributed by atoms with Crippen LogP contribution in [0.2, 0.25) is 0 Å². The molecule has 2 unspecified atom stereocenters. The Morgan fingerprint density at radius 2 is 1.69 bits per heavy atom. The molecule has 0 aromatic rings. The van der Waals surface area contributed by atoms with Crippen LogP contribution in [0.1, 0.15) is 40.5 Å². The van der Waals surface area contributed by atoms with Crippen LogP contribution in [-0.4, -0.2) is 34.5 Å². The molecule has 0 spiro atoms. The van der Waals surface area contributed by atoms with E-state index < -0.39 is 5.60 Å². The standard InChI is InChI=1S/C10H23NO2/c1-5-10(13,6-2)7-11-8(3)9(4)12/h8-9,11-13H,5-7H2,1-4H3. The van der Waals surface area contributed by atoms with Gasteiger partial charge < -0.3 is 15.5 Å². The summed E-state index contributed by atoms with van der Waals surface area (Å²) in [6.45, 7) is 8.15. The summed E-state index contributed by atoms with van der Waals surface area (Å²) >= 11 is 0. The van der Waals surface area contributed by atoms with Crippen molar-refractivity contribution in [1.82, 2.24) is 5.32 Å². The number of rotatable bonds is 6. The van der Waals surface area contributed by atoms with Crippen LogP contribution < -0.4 is 5.32 Å². The molecule has 0 bridgehead atoms. The van der Waals surface area contributed by atoms with E-state index in [0.29, 0.717) is 6.54 Å². The topological polar surface area (TPSA) is 52.5 Å². The third kappa shape index (κ3) is 4.60. The predicted molar refractivity (Wildman–Crippen MR) is 54.7 cm³/mol. The molecule has 0 fully saturated rings. The summed E-state index contributed by atoms with van der Waals surface area (Å²) < 4.78 is 0. The molecule has 0 aromatic heterocycles. The van der Waals surface area contributed by atoms with E-state index in [0.717, 1.165) is 12.8 Å². The van der Waals surface area contributed by atoms with Gasteiger partial charge in [-0.05, 0) is 26.7 Å². The van der Waals surface area contributed by atoms with Crippen LogP contribution in [0.15, 0.2) is 0 Å². The SMILES string of the molecule is CCC(O)(CC)CNC(C)C(C)O. The van der Waals surface area contributed by atoms with Crippen molar-refractivity contribution in [2.45, 2.75) is 58.3 Å². The zero-order valence-electron chi connectivity index (χ0n) is 9.17. The minimum atomic E-state index is -0.622. The first kappa shape index (κ1) is 12.9. The van der Waals surface area contributed by atoms with Crippen LogP contribution >= 0.6 is 0 Å². The van der Waals surface area contributed by atoms with E-state index in [1.54, 1.807) is 6.92 Å². The Kier molecular flexibility index (Phi) is 5.53. The van der Waals surface area contributed by atoms with Gasteiger partial charge in [0, 0.05) is 12.6 Å². The van der Waals surface area contributed by atoms with Crippen molar-refractivity contribution in [3.8, 4) is 0 Å². The number of hydrogen-bond donors (Lipinski definition) is 3. The average Bonchev–Trinajstić information content (AvgIpc) is 2.13. The Morgan fingerprint density at radius 1 is 1.23 bits per heavy atom. The fourth-order valence-corrected chi connectivity index (χ4v) is 1.02. The second kappa shape index (κ2) is 5.58. The van der Waals surface area contributed by atoms with E-state index in [4.69, 9.17) is 0 Å². The number of aliphatic hydroxyl groups is 2. The van der Waals surface area contributed by atoms with Crippen molar-refractivity contribution >= 4 is 0 Å². The van der Waals surface area contributed by atoms with E-state index in [2.05, 4.69) is 5.32 Å². The first-order valence-corrected chi connectivity index (χ1v) is 5.09. The molecular weight excluding hydrogens is 166 g/mol. The molecule has 0 aliphatic rings. The highest BCUT2D eigenvalue weighted by atomic mass is 16.3. The zero-order valence-corrected chi connectivity index (χ0v) is 9.17. The lowest BCUT2D eigenvalue weighted by atomic mass is 9.97. The van der Waals surface area contributed by atoms with Crippen molar-refractivity contribution in [2.24, 2.45) is 0 Å². The number of aliphatic hydroxyl groups excluding tert-OH is 1. The van der Waals surface area contributed by atoms with Gasteiger partial charge in [0.1, 0.15) is 0 Å². The van der Waals surface area contributed by atoms with Crippen LogP contribution in [0.4, 0.5) is 0 Å². The summed E-state index contributed by atoms with van der Waals surface area (Å²) in [7, 11) is 0. The Hall–Kier alpha value is -0.120. The molecule has 0 heterocycles. The summed E-state index contributed by atoms with van der Waals surface area (Å²) in [5.41, 5.74) is -0.622. The normalized spacial score (nSPS) is 17.1. The fourth-order valence-electron chi connectivity index (χ4n) is 1.02. The molecule has 0 aromatic carbocycles. The molecule has 0 saturated carbocycles. The second-order valence-corrected chi connectivity index (χ2v) is 3.84. The molecule has 3 nitrogen and oxygen atoms in total. The highest BCUT2D eigenvalue weighted by Crippen LogP contribution is 2.13. The molecule has 0 radical (unpaired) electrons. The molecule has 0 saturated heterocycles. The minimum absolute atomic E-state index is 0.0321. The molecule has 2 atom stereocenters. The second-order valence-electron chi connectivity index (χ2n) is 3.84. The quantitative estimate of drug-likeness (QED) is 0.582. The molecule has 0 aliphatic heterocycles. The maximum atomic E-state index is 9.92. The molecule has 3 heteroatoms. The van der Waals surface area contributed by atoms with Gasteiger partial charge in [0.15, 0.2) is 0 Å². The van der Waals surface area contributed by atoms with Gasteiger partial charge in [-0.1, -0.05) is 13.8 Å². The Morgan fingerprint density at radius 3 is 2.00 bits per heavy atom. The lowest BCUT2D eigenvalue weighted by Crippen LogP contribution is -2.46. The van der Waals surface area contributed by atoms with Crippen LogP contribution in [0.5, 0.6) is 0 Å². The number of nitrogens with one attached hydrogen (secondary N) is 1. The molecular formula is C10H23NO2. The van der Waals surface area contributed by atoms with Gasteiger partial charge in [-0.2, -0.15) is 0 Å². The minimum Gasteiger partial charge on any atom is -0.392 e. The molecule has 80 valence electrons. The van der Waals surface area contributed by atoms with Gasteiger partial charge in [0.05, 0.1) is 11.7 Å². The van der Waals surface area contributed by atoms with E-state index in [9.17, 15) is 10.2 Å². The fraction of sp³-hybridized carbons (Fsp3) is 1.00. The summed E-state index contributed by atoms with van der Waals surface area (Å²) in [5, 5.41) is 22.3. The predicted octanol–water partition coefficient (Wildman–Crippen LogP) is 0.896. The summed E-state index contributed by atoms with van der Waals surface area (Å²) in [6, 6.07) is 0.0321. The van der Waals surface area contributed by atoms with Crippen molar-refractivity contribution in [3.63, 3.8) is 0 Å². The van der Waals surface area contributed by atoms with Crippen LogP contribution in [0.25, 0.3) is 0 Å². The van der Waals surface area contributed by atoms with E-state index in [-0.39, 0.29) is 12.1 Å². The average molecular weight is 189 g/mol. The number of hydrogen-bond acceptors (Lipinski definition) is 3. The Bertz CT molecular complexity index is 133. The lowest BCUT2D eigenvalue weighted by molar-refractivity contribution is 0.0247. The smallest absolute Gasteiger partial charge is 0.0766 e. The maximum Gasteiger partial charge on any atom is 0.0766 e. The van der Waals surface area contributed by atoms with Gasteiger partial charge in [-0.25, -0.2) is 0 Å². The van der Waals surface area contributed by atoms with Gasteiger partial charge in [0.2, 0.25) is 0 Å². The Balaban J connectivity index is 3.85. The molecule has 0 amide bonds. The van der Waals surface area contributed by atoms with Gasteiger partial charge in [-0.15, -0.1) is 0 Å². The summed E-state index contributed by atoms with van der Waals surface area (Å²) in [5.74, 6) is 0. The highest BCUT2D eigenvalue weighted by molar-refractivity contribution is 4.80. The third-order valence-electron chi connectivity index (χ3n) is 2.79. The lowest BCUT2D eigenvalue weighted by Gasteiger charge is -2.28. The van der Waals surface area contributed by atoms with Gasteiger partial charge in [0.25, 0.3) is 0 Å². The van der Waals surface area contributed by atoms with Crippen molar-refractivity contribution in [1.29, 1.82) is 0 Å². The molecule has 0 aliphatic carbocycles. The third-order valence-corrected chi connectivity index (χ3v) is 2.79. The zero-order chi connectivity index (χ0) is 10.5. The largest absolute Gasteiger partial charge is 0.392 e. The molecule has 13 heavy (non-hydrogen) atoms. The van der Waals surface area contributed by atoms with E-state index in [1.807, 2.05) is 20.8 Å². The molecule has 0 rings (SSSR count).